The van der Waals surface area contributed by atoms with Crippen molar-refractivity contribution in [3.63, 3.8) is 0 Å². The van der Waals surface area contributed by atoms with Crippen molar-refractivity contribution in [1.82, 2.24) is 4.31 Å². The van der Waals surface area contributed by atoms with E-state index in [-0.39, 0.29) is 4.90 Å². The number of ether oxygens (including phenoxy) is 2. The van der Waals surface area contributed by atoms with Crippen LogP contribution in [-0.4, -0.2) is 53.1 Å². The highest BCUT2D eigenvalue weighted by atomic mass is 32.2. The second-order valence-corrected chi connectivity index (χ2v) is 9.09. The Kier molecular flexibility index (Phi) is 5.86. The van der Waals surface area contributed by atoms with Crippen molar-refractivity contribution >= 4 is 15.7 Å². The molecule has 0 bridgehead atoms. The fraction of sp³-hybridized carbons (Fsp3) is 0.429. The molecule has 1 fully saturated rings. The maximum Gasteiger partial charge on any atom is 0.243 e. The highest BCUT2D eigenvalue weighted by Crippen LogP contribution is 2.32. The minimum atomic E-state index is -3.58. The molecule has 28 heavy (non-hydrogen) atoms. The van der Waals surface area contributed by atoms with Crippen molar-refractivity contribution in [3.8, 4) is 11.5 Å². The van der Waals surface area contributed by atoms with Gasteiger partial charge in [0, 0.05) is 37.9 Å². The minimum absolute atomic E-state index is 0.223. The van der Waals surface area contributed by atoms with Crippen molar-refractivity contribution in [2.75, 3.05) is 45.3 Å². The Balaban J connectivity index is 1.79. The molecule has 0 radical (unpaired) electrons. The summed E-state index contributed by atoms with van der Waals surface area (Å²) in [6.07, 6.45) is 0. The summed E-state index contributed by atoms with van der Waals surface area (Å²) in [7, 11) is -0.554. The lowest BCUT2D eigenvalue weighted by atomic mass is 10.0. The fourth-order valence-electron chi connectivity index (χ4n) is 3.95. The summed E-state index contributed by atoms with van der Waals surface area (Å²) in [5, 5.41) is 0. The molecule has 3 rings (SSSR count). The lowest BCUT2D eigenvalue weighted by molar-refractivity contribution is 0.353. The molecule has 2 aromatic carbocycles. The van der Waals surface area contributed by atoms with Gasteiger partial charge in [-0.15, -0.1) is 0 Å². The Hall–Kier alpha value is -2.25. The van der Waals surface area contributed by atoms with Gasteiger partial charge in [-0.2, -0.15) is 4.31 Å². The van der Waals surface area contributed by atoms with E-state index in [1.807, 2.05) is 0 Å². The number of nitrogens with zero attached hydrogens (tertiary/aromatic N) is 2. The number of benzene rings is 2. The first-order chi connectivity index (χ1) is 13.3. The molecule has 1 heterocycles. The number of anilines is 1. The standard InChI is InChI=1S/C21H28N2O4S/c1-15-12-16(2)21(17(3)13-15)22-8-10-23(11-9-22)28(24,25)18-6-7-19(26-4)20(14-18)27-5/h6-7,12-14H,8-11H2,1-5H3. The molecule has 0 aliphatic carbocycles. The molecular formula is C21H28N2O4S. The molecule has 0 atom stereocenters. The molecule has 1 aliphatic heterocycles. The van der Waals surface area contributed by atoms with Crippen LogP contribution < -0.4 is 14.4 Å². The smallest absolute Gasteiger partial charge is 0.243 e. The van der Waals surface area contributed by atoms with Crippen LogP contribution in [0.25, 0.3) is 0 Å². The van der Waals surface area contributed by atoms with Gasteiger partial charge < -0.3 is 14.4 Å². The van der Waals surface area contributed by atoms with E-state index in [0.29, 0.717) is 37.7 Å². The number of piperazine rings is 1. The topological polar surface area (TPSA) is 59.1 Å². The van der Waals surface area contributed by atoms with E-state index in [4.69, 9.17) is 9.47 Å². The molecule has 0 unspecified atom stereocenters. The highest BCUT2D eigenvalue weighted by molar-refractivity contribution is 7.89. The van der Waals surface area contributed by atoms with Gasteiger partial charge in [-0.1, -0.05) is 17.7 Å². The van der Waals surface area contributed by atoms with Gasteiger partial charge in [0.25, 0.3) is 0 Å². The first-order valence-corrected chi connectivity index (χ1v) is 10.8. The second kappa shape index (κ2) is 8.01. The molecule has 1 aliphatic rings. The molecule has 0 N–H and O–H groups in total. The van der Waals surface area contributed by atoms with E-state index in [2.05, 4.69) is 37.8 Å². The molecule has 152 valence electrons. The zero-order chi connectivity index (χ0) is 20.5. The Bertz CT molecular complexity index is 941. The maximum absolute atomic E-state index is 13.1. The van der Waals surface area contributed by atoms with Crippen molar-refractivity contribution in [2.24, 2.45) is 0 Å². The van der Waals surface area contributed by atoms with Crippen LogP contribution >= 0.6 is 0 Å². The van der Waals surface area contributed by atoms with Crippen molar-refractivity contribution < 1.29 is 17.9 Å². The van der Waals surface area contributed by atoms with Crippen LogP contribution in [0.1, 0.15) is 16.7 Å². The van der Waals surface area contributed by atoms with Crippen molar-refractivity contribution in [2.45, 2.75) is 25.7 Å². The third-order valence-electron chi connectivity index (χ3n) is 5.18. The van der Waals surface area contributed by atoms with Gasteiger partial charge in [-0.25, -0.2) is 8.42 Å². The van der Waals surface area contributed by atoms with E-state index in [9.17, 15) is 8.42 Å². The van der Waals surface area contributed by atoms with E-state index in [1.165, 1.54) is 42.7 Å². The van der Waals surface area contributed by atoms with Crippen LogP contribution in [0.5, 0.6) is 11.5 Å². The fourth-order valence-corrected chi connectivity index (χ4v) is 5.39. The number of aryl methyl sites for hydroxylation is 3. The Morgan fingerprint density at radius 3 is 1.93 bits per heavy atom. The van der Waals surface area contributed by atoms with Crippen LogP contribution in [0.2, 0.25) is 0 Å². The quantitative estimate of drug-likeness (QED) is 0.766. The van der Waals surface area contributed by atoms with Crippen molar-refractivity contribution in [1.29, 1.82) is 0 Å². The molecule has 2 aromatic rings. The normalized spacial score (nSPS) is 15.5. The van der Waals surface area contributed by atoms with Crippen molar-refractivity contribution in [3.05, 3.63) is 47.0 Å². The first kappa shape index (κ1) is 20.5. The van der Waals surface area contributed by atoms with Gasteiger partial charge in [0.1, 0.15) is 0 Å². The summed E-state index contributed by atoms with van der Waals surface area (Å²) >= 11 is 0. The van der Waals surface area contributed by atoms with Gasteiger partial charge in [0.05, 0.1) is 19.1 Å². The third-order valence-corrected chi connectivity index (χ3v) is 7.08. The largest absolute Gasteiger partial charge is 0.493 e. The average molecular weight is 405 g/mol. The predicted molar refractivity (Wildman–Crippen MR) is 111 cm³/mol. The number of hydrogen-bond donors (Lipinski definition) is 0. The molecule has 0 amide bonds. The Morgan fingerprint density at radius 2 is 1.39 bits per heavy atom. The van der Waals surface area contributed by atoms with E-state index < -0.39 is 10.0 Å². The van der Waals surface area contributed by atoms with Crippen LogP contribution in [0.3, 0.4) is 0 Å². The van der Waals surface area contributed by atoms with Crippen LogP contribution in [-0.2, 0) is 10.0 Å². The average Bonchev–Trinajstić information content (AvgIpc) is 2.67. The van der Waals surface area contributed by atoms with Gasteiger partial charge in [0.2, 0.25) is 10.0 Å². The SMILES string of the molecule is COc1ccc(S(=O)(=O)N2CCN(c3c(C)cc(C)cc3C)CC2)cc1OC. The van der Waals surface area contributed by atoms with Gasteiger partial charge in [-0.05, 0) is 44.0 Å². The van der Waals surface area contributed by atoms with Crippen LogP contribution in [0, 0.1) is 20.8 Å². The highest BCUT2D eigenvalue weighted by Gasteiger charge is 2.30. The Labute approximate surface area is 167 Å². The minimum Gasteiger partial charge on any atom is -0.493 e. The first-order valence-electron chi connectivity index (χ1n) is 9.33. The van der Waals surface area contributed by atoms with Crippen LogP contribution in [0.15, 0.2) is 35.2 Å². The van der Waals surface area contributed by atoms with Crippen LogP contribution in [0.4, 0.5) is 5.69 Å². The second-order valence-electron chi connectivity index (χ2n) is 7.16. The maximum atomic E-state index is 13.1. The number of methoxy groups -OCH3 is 2. The lowest BCUT2D eigenvalue weighted by Gasteiger charge is -2.37. The lowest BCUT2D eigenvalue weighted by Crippen LogP contribution is -2.49. The monoisotopic (exact) mass is 404 g/mol. The summed E-state index contributed by atoms with van der Waals surface area (Å²) in [6, 6.07) is 9.07. The van der Waals surface area contributed by atoms with E-state index in [1.54, 1.807) is 16.4 Å². The van der Waals surface area contributed by atoms with Gasteiger partial charge in [0.15, 0.2) is 11.5 Å². The molecule has 1 saturated heterocycles. The summed E-state index contributed by atoms with van der Waals surface area (Å²) < 4.78 is 38.2. The zero-order valence-electron chi connectivity index (χ0n) is 17.2. The van der Waals surface area contributed by atoms with E-state index in [0.717, 1.165) is 0 Å². The van der Waals surface area contributed by atoms with Gasteiger partial charge >= 0.3 is 0 Å². The molecule has 0 aromatic heterocycles. The summed E-state index contributed by atoms with van der Waals surface area (Å²) in [5.74, 6) is 0.921. The molecular weight excluding hydrogens is 376 g/mol. The molecule has 0 saturated carbocycles. The number of hydrogen-bond acceptors (Lipinski definition) is 5. The van der Waals surface area contributed by atoms with Gasteiger partial charge in [-0.3, -0.25) is 0 Å². The zero-order valence-corrected chi connectivity index (χ0v) is 18.0. The summed E-state index contributed by atoms with van der Waals surface area (Å²) in [5.41, 5.74) is 4.92. The number of rotatable bonds is 5. The Morgan fingerprint density at radius 1 is 0.821 bits per heavy atom. The van der Waals surface area contributed by atoms with E-state index >= 15 is 0 Å². The third kappa shape index (κ3) is 3.82. The molecule has 7 heteroatoms. The summed E-state index contributed by atoms with van der Waals surface area (Å²) in [4.78, 5) is 2.51. The predicted octanol–water partition coefficient (Wildman–Crippen LogP) is 3.14. The number of sulfonamides is 1. The molecule has 6 nitrogen and oxygen atoms in total. The summed E-state index contributed by atoms with van der Waals surface area (Å²) in [6.45, 7) is 8.54. The molecule has 0 spiro atoms.